The predicted molar refractivity (Wildman–Crippen MR) is 59.6 cm³/mol. The molecule has 0 saturated carbocycles. The second kappa shape index (κ2) is 4.29. The fraction of sp³-hybridized carbons (Fsp3) is 0.308. The summed E-state index contributed by atoms with van der Waals surface area (Å²) in [5, 5.41) is 3.29. The minimum atomic E-state index is 0.0660. The molecule has 0 aliphatic carbocycles. The summed E-state index contributed by atoms with van der Waals surface area (Å²) in [7, 11) is 0. The zero-order valence-corrected chi connectivity index (χ0v) is 8.55. The van der Waals surface area contributed by atoms with Gasteiger partial charge in [0, 0.05) is 12.1 Å². The molecular formula is C13H13NO. The number of benzene rings is 1. The highest BCUT2D eigenvalue weighted by molar-refractivity contribution is 5.99. The lowest BCUT2D eigenvalue weighted by molar-refractivity contribution is 0.0997. The van der Waals surface area contributed by atoms with Crippen LogP contribution in [0.25, 0.3) is 0 Å². The number of fused-ring (bicyclic) bond motifs is 1. The fourth-order valence-corrected chi connectivity index (χ4v) is 1.98. The van der Waals surface area contributed by atoms with E-state index in [4.69, 9.17) is 6.42 Å². The van der Waals surface area contributed by atoms with E-state index in [0.717, 1.165) is 25.1 Å². The summed E-state index contributed by atoms with van der Waals surface area (Å²) in [4.78, 5) is 11.8. The summed E-state index contributed by atoms with van der Waals surface area (Å²) in [5.74, 6) is 2.47. The van der Waals surface area contributed by atoms with Gasteiger partial charge in [-0.25, -0.2) is 0 Å². The van der Waals surface area contributed by atoms with Gasteiger partial charge in [-0.1, -0.05) is 24.1 Å². The lowest BCUT2D eigenvalue weighted by Gasteiger charge is -2.19. The molecule has 0 radical (unpaired) electrons. The maximum absolute atomic E-state index is 11.8. The Hall–Kier alpha value is -1.59. The Bertz CT molecular complexity index is 429. The molecule has 0 amide bonds. The lowest BCUT2D eigenvalue weighted by atomic mass is 9.92. The van der Waals surface area contributed by atoms with Crippen LogP contribution in [-0.4, -0.2) is 12.3 Å². The molecule has 0 spiro atoms. The van der Waals surface area contributed by atoms with E-state index in [1.807, 2.05) is 12.1 Å². The first-order chi connectivity index (χ1) is 7.33. The van der Waals surface area contributed by atoms with Crippen LogP contribution in [0.4, 0.5) is 0 Å². The Morgan fingerprint density at radius 2 is 2.40 bits per heavy atom. The van der Waals surface area contributed by atoms with Crippen molar-refractivity contribution < 1.29 is 4.79 Å². The van der Waals surface area contributed by atoms with Crippen LogP contribution in [-0.2, 0) is 13.0 Å². The molecule has 2 rings (SSSR count). The zero-order chi connectivity index (χ0) is 10.7. The average Bonchev–Trinajstić information content (AvgIpc) is 2.28. The average molecular weight is 199 g/mol. The number of rotatable bonds is 2. The highest BCUT2D eigenvalue weighted by Crippen LogP contribution is 2.19. The van der Waals surface area contributed by atoms with Gasteiger partial charge in [0.2, 0.25) is 0 Å². The molecule has 2 heteroatoms. The van der Waals surface area contributed by atoms with Gasteiger partial charge in [-0.05, 0) is 24.1 Å². The quantitative estimate of drug-likeness (QED) is 0.578. The Labute approximate surface area is 89.7 Å². The fourth-order valence-electron chi connectivity index (χ4n) is 1.98. The standard InChI is InChI=1S/C13H13NO/c1-2-4-13(15)12-6-3-5-10-9-14-8-7-11(10)12/h1,3,5-6,14H,4,7-9H2. The van der Waals surface area contributed by atoms with E-state index >= 15 is 0 Å². The minimum absolute atomic E-state index is 0.0660. The molecule has 1 aliphatic rings. The molecule has 0 bridgehead atoms. The van der Waals surface area contributed by atoms with Gasteiger partial charge in [0.1, 0.15) is 0 Å². The maximum atomic E-state index is 11.8. The van der Waals surface area contributed by atoms with Gasteiger partial charge >= 0.3 is 0 Å². The molecule has 1 heterocycles. The van der Waals surface area contributed by atoms with Crippen molar-refractivity contribution in [3.8, 4) is 12.3 Å². The molecule has 1 aliphatic heterocycles. The van der Waals surface area contributed by atoms with Crippen molar-refractivity contribution in [3.63, 3.8) is 0 Å². The molecule has 1 aromatic rings. The third-order valence-electron chi connectivity index (χ3n) is 2.70. The molecule has 0 fully saturated rings. The number of hydrogen-bond acceptors (Lipinski definition) is 2. The summed E-state index contributed by atoms with van der Waals surface area (Å²) in [6, 6.07) is 5.87. The smallest absolute Gasteiger partial charge is 0.175 e. The molecule has 0 saturated heterocycles. The van der Waals surface area contributed by atoms with Crippen molar-refractivity contribution in [2.45, 2.75) is 19.4 Å². The van der Waals surface area contributed by atoms with E-state index in [0.29, 0.717) is 0 Å². The Morgan fingerprint density at radius 1 is 1.53 bits per heavy atom. The van der Waals surface area contributed by atoms with E-state index in [-0.39, 0.29) is 12.2 Å². The molecule has 76 valence electrons. The van der Waals surface area contributed by atoms with E-state index in [9.17, 15) is 4.79 Å². The second-order valence-electron chi connectivity index (χ2n) is 3.67. The van der Waals surface area contributed by atoms with Crippen LogP contribution >= 0.6 is 0 Å². The highest BCUT2D eigenvalue weighted by atomic mass is 16.1. The topological polar surface area (TPSA) is 29.1 Å². The number of Topliss-reactive ketones (excluding diaryl/α,β-unsaturated/α-hetero) is 1. The van der Waals surface area contributed by atoms with Crippen LogP contribution in [0.2, 0.25) is 0 Å². The summed E-state index contributed by atoms with van der Waals surface area (Å²) in [6.45, 7) is 1.79. The van der Waals surface area contributed by atoms with Crippen molar-refractivity contribution >= 4 is 5.78 Å². The molecule has 0 atom stereocenters. The van der Waals surface area contributed by atoms with Gasteiger partial charge in [0.25, 0.3) is 0 Å². The second-order valence-corrected chi connectivity index (χ2v) is 3.67. The maximum Gasteiger partial charge on any atom is 0.175 e. The van der Waals surface area contributed by atoms with Gasteiger partial charge in [-0.15, -0.1) is 6.42 Å². The first-order valence-corrected chi connectivity index (χ1v) is 5.11. The monoisotopic (exact) mass is 199 g/mol. The van der Waals surface area contributed by atoms with E-state index in [1.54, 1.807) is 0 Å². The Kier molecular flexibility index (Phi) is 2.84. The number of nitrogens with one attached hydrogen (secondary N) is 1. The van der Waals surface area contributed by atoms with Crippen molar-refractivity contribution in [2.24, 2.45) is 0 Å². The first kappa shape index (κ1) is 9.95. The summed E-state index contributed by atoms with van der Waals surface area (Å²) in [6.07, 6.45) is 6.28. The van der Waals surface area contributed by atoms with E-state index in [2.05, 4.69) is 17.3 Å². The molecule has 1 aromatic carbocycles. The van der Waals surface area contributed by atoms with Gasteiger partial charge in [0.05, 0.1) is 6.42 Å². The molecule has 15 heavy (non-hydrogen) atoms. The first-order valence-electron chi connectivity index (χ1n) is 5.11. The Balaban J connectivity index is 2.40. The molecule has 0 unspecified atom stereocenters. The van der Waals surface area contributed by atoms with Crippen LogP contribution < -0.4 is 5.32 Å². The van der Waals surface area contributed by atoms with Crippen LogP contribution in [0.1, 0.15) is 27.9 Å². The molecule has 1 N–H and O–H groups in total. The van der Waals surface area contributed by atoms with Crippen molar-refractivity contribution in [1.82, 2.24) is 5.32 Å². The number of ketones is 1. The molecule has 2 nitrogen and oxygen atoms in total. The zero-order valence-electron chi connectivity index (χ0n) is 8.55. The summed E-state index contributed by atoms with van der Waals surface area (Å²) >= 11 is 0. The van der Waals surface area contributed by atoms with E-state index < -0.39 is 0 Å². The molecule has 0 aromatic heterocycles. The lowest BCUT2D eigenvalue weighted by Crippen LogP contribution is -2.25. The largest absolute Gasteiger partial charge is 0.312 e. The summed E-state index contributed by atoms with van der Waals surface area (Å²) in [5.41, 5.74) is 3.22. The number of terminal acetylenes is 1. The SMILES string of the molecule is C#CCC(=O)c1cccc2c1CCNC2. The van der Waals surface area contributed by atoms with Gasteiger partial charge in [0.15, 0.2) is 5.78 Å². The third-order valence-corrected chi connectivity index (χ3v) is 2.70. The van der Waals surface area contributed by atoms with E-state index in [1.165, 1.54) is 11.1 Å². The minimum Gasteiger partial charge on any atom is -0.312 e. The summed E-state index contributed by atoms with van der Waals surface area (Å²) < 4.78 is 0. The Morgan fingerprint density at radius 3 is 3.20 bits per heavy atom. The van der Waals surface area contributed by atoms with Crippen LogP contribution in [0, 0.1) is 12.3 Å². The predicted octanol–water partition coefficient (Wildman–Crippen LogP) is 1.54. The van der Waals surface area contributed by atoms with Crippen LogP contribution in [0.3, 0.4) is 0 Å². The van der Waals surface area contributed by atoms with Gasteiger partial charge < -0.3 is 5.32 Å². The van der Waals surface area contributed by atoms with Crippen LogP contribution in [0.15, 0.2) is 18.2 Å². The van der Waals surface area contributed by atoms with Crippen molar-refractivity contribution in [3.05, 3.63) is 34.9 Å². The highest BCUT2D eigenvalue weighted by Gasteiger charge is 2.16. The van der Waals surface area contributed by atoms with Crippen LogP contribution in [0.5, 0.6) is 0 Å². The number of carbonyl (C=O) groups is 1. The third kappa shape index (κ3) is 1.93. The van der Waals surface area contributed by atoms with Crippen molar-refractivity contribution in [2.75, 3.05) is 6.54 Å². The number of hydrogen-bond donors (Lipinski definition) is 1. The van der Waals surface area contributed by atoms with Crippen molar-refractivity contribution in [1.29, 1.82) is 0 Å². The normalized spacial score (nSPS) is 14.1. The molecular weight excluding hydrogens is 186 g/mol. The van der Waals surface area contributed by atoms with Gasteiger partial charge in [-0.2, -0.15) is 0 Å². The van der Waals surface area contributed by atoms with Gasteiger partial charge in [-0.3, -0.25) is 4.79 Å². The number of carbonyl (C=O) groups excluding carboxylic acids is 1.